The molecule has 0 saturated carbocycles. The molecule has 0 aliphatic heterocycles. The molecule has 1 aliphatic rings. The van der Waals surface area contributed by atoms with Crippen molar-refractivity contribution < 1.29 is 4.79 Å². The molecule has 1 aliphatic carbocycles. The summed E-state index contributed by atoms with van der Waals surface area (Å²) < 4.78 is 3.67. The Labute approximate surface area is 164 Å². The molecular weight excluding hydrogens is 352 g/mol. The Hall–Kier alpha value is -2.96. The van der Waals surface area contributed by atoms with Gasteiger partial charge in [0.25, 0.3) is 5.91 Å². The van der Waals surface area contributed by atoms with E-state index in [9.17, 15) is 4.79 Å². The Morgan fingerprint density at radius 1 is 1.36 bits per heavy atom. The van der Waals surface area contributed by atoms with Crippen LogP contribution >= 0.6 is 0 Å². The normalized spacial score (nSPS) is 16.2. The summed E-state index contributed by atoms with van der Waals surface area (Å²) in [6.07, 6.45) is 6.47. The van der Waals surface area contributed by atoms with Crippen LogP contribution in [-0.2, 0) is 13.0 Å². The van der Waals surface area contributed by atoms with Crippen LogP contribution < -0.4 is 5.32 Å². The van der Waals surface area contributed by atoms with Gasteiger partial charge in [0.15, 0.2) is 5.82 Å². The van der Waals surface area contributed by atoms with Crippen molar-refractivity contribution in [2.45, 2.75) is 58.5 Å². The third-order valence-corrected chi connectivity index (χ3v) is 5.28. The van der Waals surface area contributed by atoms with Crippen LogP contribution in [0.25, 0.3) is 5.82 Å². The van der Waals surface area contributed by atoms with Gasteiger partial charge in [-0.15, -0.1) is 0 Å². The fourth-order valence-electron chi connectivity index (χ4n) is 3.76. The maximum Gasteiger partial charge on any atom is 0.270 e. The van der Waals surface area contributed by atoms with Crippen LogP contribution in [0.3, 0.4) is 0 Å². The summed E-state index contributed by atoms with van der Waals surface area (Å²) in [6.45, 7) is 6.85. The summed E-state index contributed by atoms with van der Waals surface area (Å²) in [6, 6.07) is 7.66. The molecule has 146 valence electrons. The molecule has 3 heterocycles. The Balaban J connectivity index is 1.60. The number of nitrogens with zero attached hydrogens (tertiary/aromatic N) is 5. The highest BCUT2D eigenvalue weighted by Gasteiger charge is 2.27. The number of nitrogens with one attached hydrogen (secondary N) is 1. The van der Waals surface area contributed by atoms with Crippen LogP contribution in [0.5, 0.6) is 0 Å². The number of pyridine rings is 1. The van der Waals surface area contributed by atoms with E-state index < -0.39 is 0 Å². The van der Waals surface area contributed by atoms with Crippen molar-refractivity contribution in [1.29, 1.82) is 0 Å². The lowest BCUT2D eigenvalue weighted by Gasteiger charge is -2.24. The molecule has 7 nitrogen and oxygen atoms in total. The van der Waals surface area contributed by atoms with Gasteiger partial charge in [-0.1, -0.05) is 19.9 Å². The van der Waals surface area contributed by atoms with E-state index in [0.29, 0.717) is 12.2 Å². The van der Waals surface area contributed by atoms with E-state index in [-0.39, 0.29) is 17.9 Å². The molecule has 4 rings (SSSR count). The zero-order valence-electron chi connectivity index (χ0n) is 16.6. The summed E-state index contributed by atoms with van der Waals surface area (Å²) in [7, 11) is 0. The maximum absolute atomic E-state index is 13.0. The molecule has 0 spiro atoms. The summed E-state index contributed by atoms with van der Waals surface area (Å²) >= 11 is 0. The van der Waals surface area contributed by atoms with E-state index in [0.717, 1.165) is 42.0 Å². The number of hydrogen-bond acceptors (Lipinski definition) is 4. The van der Waals surface area contributed by atoms with E-state index in [2.05, 4.69) is 34.3 Å². The molecule has 3 aromatic heterocycles. The molecule has 3 aromatic rings. The molecule has 0 saturated heterocycles. The first-order valence-electron chi connectivity index (χ1n) is 9.95. The van der Waals surface area contributed by atoms with Gasteiger partial charge in [0, 0.05) is 18.3 Å². The minimum Gasteiger partial charge on any atom is -0.344 e. The SMILES string of the molecule is CCn1nc(C(C)C)cc1C(=O)NC1CCCc2c1cnn2-c1ccccn1. The Bertz CT molecular complexity index is 972. The average Bonchev–Trinajstić information content (AvgIpc) is 3.34. The van der Waals surface area contributed by atoms with Crippen molar-refractivity contribution in [3.63, 3.8) is 0 Å². The minimum absolute atomic E-state index is 0.0450. The molecule has 1 N–H and O–H groups in total. The van der Waals surface area contributed by atoms with Crippen molar-refractivity contribution in [3.8, 4) is 5.82 Å². The number of carbonyl (C=O) groups is 1. The number of carbonyl (C=O) groups excluding carboxylic acids is 1. The third kappa shape index (κ3) is 3.32. The largest absolute Gasteiger partial charge is 0.344 e. The van der Waals surface area contributed by atoms with E-state index in [1.807, 2.05) is 42.1 Å². The highest BCUT2D eigenvalue weighted by Crippen LogP contribution is 2.31. The van der Waals surface area contributed by atoms with Crippen molar-refractivity contribution >= 4 is 5.91 Å². The average molecular weight is 378 g/mol. The fourth-order valence-corrected chi connectivity index (χ4v) is 3.76. The first-order chi connectivity index (χ1) is 13.6. The zero-order valence-corrected chi connectivity index (χ0v) is 16.6. The second-order valence-corrected chi connectivity index (χ2v) is 7.49. The Morgan fingerprint density at radius 2 is 2.21 bits per heavy atom. The van der Waals surface area contributed by atoms with Gasteiger partial charge in [-0.2, -0.15) is 10.2 Å². The van der Waals surface area contributed by atoms with E-state index in [1.165, 1.54) is 0 Å². The van der Waals surface area contributed by atoms with Gasteiger partial charge in [0.2, 0.25) is 0 Å². The third-order valence-electron chi connectivity index (χ3n) is 5.28. The van der Waals surface area contributed by atoms with Gasteiger partial charge in [-0.3, -0.25) is 9.48 Å². The van der Waals surface area contributed by atoms with Crippen molar-refractivity contribution in [2.24, 2.45) is 0 Å². The molecule has 1 amide bonds. The lowest BCUT2D eigenvalue weighted by molar-refractivity contribution is 0.0922. The maximum atomic E-state index is 13.0. The van der Waals surface area contributed by atoms with Gasteiger partial charge < -0.3 is 5.32 Å². The van der Waals surface area contributed by atoms with Crippen LogP contribution in [-0.4, -0.2) is 30.5 Å². The second-order valence-electron chi connectivity index (χ2n) is 7.49. The van der Waals surface area contributed by atoms with Gasteiger partial charge >= 0.3 is 0 Å². The Morgan fingerprint density at radius 3 is 2.93 bits per heavy atom. The van der Waals surface area contributed by atoms with Crippen LogP contribution in [0.4, 0.5) is 0 Å². The van der Waals surface area contributed by atoms with E-state index in [1.54, 1.807) is 10.9 Å². The Kier molecular flexibility index (Phi) is 4.98. The summed E-state index contributed by atoms with van der Waals surface area (Å²) in [5.74, 6) is 1.02. The highest BCUT2D eigenvalue weighted by atomic mass is 16.2. The standard InChI is InChI=1S/C21H26N6O/c1-4-26-19(12-17(25-26)14(2)3)21(28)24-16-8-7-9-18-15(16)13-23-27(18)20-10-5-6-11-22-20/h5-6,10-14,16H,4,7-9H2,1-3H3,(H,24,28). The second kappa shape index (κ2) is 7.58. The minimum atomic E-state index is -0.0790. The van der Waals surface area contributed by atoms with Crippen LogP contribution in [0.15, 0.2) is 36.7 Å². The van der Waals surface area contributed by atoms with Crippen molar-refractivity contribution in [3.05, 3.63) is 59.3 Å². The monoisotopic (exact) mass is 378 g/mol. The molecule has 0 radical (unpaired) electrons. The van der Waals surface area contributed by atoms with Crippen LogP contribution in [0.2, 0.25) is 0 Å². The van der Waals surface area contributed by atoms with E-state index >= 15 is 0 Å². The number of amides is 1. The molecular formula is C21H26N6O. The predicted octanol–water partition coefficient (Wildman–Crippen LogP) is 3.41. The molecule has 0 bridgehead atoms. The first kappa shape index (κ1) is 18.4. The number of aryl methyl sites for hydroxylation is 1. The molecule has 0 aromatic carbocycles. The smallest absolute Gasteiger partial charge is 0.270 e. The fraction of sp³-hybridized carbons (Fsp3) is 0.429. The topological polar surface area (TPSA) is 77.6 Å². The molecule has 28 heavy (non-hydrogen) atoms. The summed E-state index contributed by atoms with van der Waals surface area (Å²) in [5.41, 5.74) is 3.77. The van der Waals surface area contributed by atoms with Crippen molar-refractivity contribution in [1.82, 2.24) is 29.9 Å². The first-order valence-corrected chi connectivity index (χ1v) is 9.95. The lowest BCUT2D eigenvalue weighted by Crippen LogP contribution is -2.32. The summed E-state index contributed by atoms with van der Waals surface area (Å²) in [4.78, 5) is 17.4. The quantitative estimate of drug-likeness (QED) is 0.738. The number of aromatic nitrogens is 5. The van der Waals surface area contributed by atoms with Crippen molar-refractivity contribution in [2.75, 3.05) is 0 Å². The molecule has 0 fully saturated rings. The predicted molar refractivity (Wildman–Crippen MR) is 106 cm³/mol. The number of rotatable bonds is 5. The highest BCUT2D eigenvalue weighted by molar-refractivity contribution is 5.93. The van der Waals surface area contributed by atoms with Crippen LogP contribution in [0, 0.1) is 0 Å². The van der Waals surface area contributed by atoms with Gasteiger partial charge in [-0.25, -0.2) is 9.67 Å². The van der Waals surface area contributed by atoms with Gasteiger partial charge in [0.05, 0.1) is 23.6 Å². The summed E-state index contributed by atoms with van der Waals surface area (Å²) in [5, 5.41) is 12.3. The number of fused-ring (bicyclic) bond motifs is 1. The van der Waals surface area contributed by atoms with Crippen LogP contribution in [0.1, 0.15) is 73.0 Å². The zero-order chi connectivity index (χ0) is 19.7. The van der Waals surface area contributed by atoms with E-state index in [4.69, 9.17) is 0 Å². The number of hydrogen-bond donors (Lipinski definition) is 1. The lowest BCUT2D eigenvalue weighted by atomic mass is 9.93. The molecule has 7 heteroatoms. The molecule has 1 unspecified atom stereocenters. The van der Waals surface area contributed by atoms with Gasteiger partial charge in [0.1, 0.15) is 5.69 Å². The van der Waals surface area contributed by atoms with Gasteiger partial charge in [-0.05, 0) is 50.3 Å². The molecule has 1 atom stereocenters.